The summed E-state index contributed by atoms with van der Waals surface area (Å²) in [7, 11) is 1.65. The van der Waals surface area contributed by atoms with Gasteiger partial charge in [-0.1, -0.05) is 48.6 Å². The van der Waals surface area contributed by atoms with Crippen LogP contribution in [0, 0.1) is 4.64 Å². The number of hydrogen-bond donors (Lipinski definition) is 1. The van der Waals surface area contributed by atoms with Crippen LogP contribution in [0.3, 0.4) is 0 Å². The lowest BCUT2D eigenvalue weighted by molar-refractivity contribution is 0.181. The molecule has 0 fully saturated rings. The standard InChI is InChI=1S/C16H13BrN2OS/c1-20-9-13-14(17)16(21)19-15(18-13)12-7-6-10-4-2-3-5-11(10)8-12/h2-8H,9H2,1H3,(H,18,19,21). The SMILES string of the molecule is COCc1[nH]c(-c2ccc3ccccc3c2)nc(=S)c1Br. The normalized spacial score (nSPS) is 11.0. The van der Waals surface area contributed by atoms with Crippen LogP contribution >= 0.6 is 28.1 Å². The van der Waals surface area contributed by atoms with Gasteiger partial charge in [-0.3, -0.25) is 0 Å². The number of H-pyrrole nitrogens is 1. The zero-order valence-electron chi connectivity index (χ0n) is 11.4. The van der Waals surface area contributed by atoms with Gasteiger partial charge in [0.2, 0.25) is 0 Å². The second kappa shape index (κ2) is 6.05. The fourth-order valence-electron chi connectivity index (χ4n) is 2.22. The first-order chi connectivity index (χ1) is 10.2. The number of rotatable bonds is 3. The van der Waals surface area contributed by atoms with Crippen molar-refractivity contribution in [2.75, 3.05) is 7.11 Å². The smallest absolute Gasteiger partial charge is 0.144 e. The summed E-state index contributed by atoms with van der Waals surface area (Å²) in [6.07, 6.45) is 0. The van der Waals surface area contributed by atoms with Crippen LogP contribution in [0.5, 0.6) is 0 Å². The summed E-state index contributed by atoms with van der Waals surface area (Å²) in [5, 5.41) is 2.38. The van der Waals surface area contributed by atoms with Crippen molar-refractivity contribution in [1.29, 1.82) is 0 Å². The van der Waals surface area contributed by atoms with Crippen LogP contribution in [0.2, 0.25) is 0 Å². The molecule has 21 heavy (non-hydrogen) atoms. The molecule has 0 bridgehead atoms. The van der Waals surface area contributed by atoms with Gasteiger partial charge in [0.05, 0.1) is 16.8 Å². The summed E-state index contributed by atoms with van der Waals surface area (Å²) in [4.78, 5) is 7.74. The zero-order chi connectivity index (χ0) is 14.8. The van der Waals surface area contributed by atoms with Gasteiger partial charge in [0.25, 0.3) is 0 Å². The number of nitrogens with zero attached hydrogens (tertiary/aromatic N) is 1. The fraction of sp³-hybridized carbons (Fsp3) is 0.125. The van der Waals surface area contributed by atoms with E-state index in [9.17, 15) is 0 Å². The number of hydrogen-bond acceptors (Lipinski definition) is 3. The Balaban J connectivity index is 2.15. The zero-order valence-corrected chi connectivity index (χ0v) is 13.8. The summed E-state index contributed by atoms with van der Waals surface area (Å²) in [6, 6.07) is 14.5. The van der Waals surface area contributed by atoms with Gasteiger partial charge in [0, 0.05) is 12.7 Å². The van der Waals surface area contributed by atoms with Crippen LogP contribution in [0.4, 0.5) is 0 Å². The molecular weight excluding hydrogens is 348 g/mol. The summed E-state index contributed by atoms with van der Waals surface area (Å²) < 4.78 is 6.50. The van der Waals surface area contributed by atoms with Gasteiger partial charge in [0.15, 0.2) is 0 Å². The molecule has 0 radical (unpaired) electrons. The van der Waals surface area contributed by atoms with Crippen molar-refractivity contribution in [2.24, 2.45) is 0 Å². The predicted molar refractivity (Wildman–Crippen MR) is 90.8 cm³/mol. The summed E-state index contributed by atoms with van der Waals surface area (Å²) in [5.74, 6) is 0.751. The minimum atomic E-state index is 0.452. The third-order valence-electron chi connectivity index (χ3n) is 3.25. The van der Waals surface area contributed by atoms with Crippen LogP contribution in [-0.2, 0) is 11.3 Å². The molecule has 0 unspecified atom stereocenters. The van der Waals surface area contributed by atoms with Crippen molar-refractivity contribution in [3.8, 4) is 11.4 Å². The highest BCUT2D eigenvalue weighted by atomic mass is 79.9. The Labute approximate surface area is 136 Å². The highest BCUT2D eigenvalue weighted by Crippen LogP contribution is 2.25. The van der Waals surface area contributed by atoms with E-state index in [1.807, 2.05) is 18.2 Å². The predicted octanol–water partition coefficient (Wildman–Crippen LogP) is 4.87. The minimum absolute atomic E-state index is 0.452. The largest absolute Gasteiger partial charge is 0.378 e. The number of halogens is 1. The number of ether oxygens (including phenoxy) is 1. The van der Waals surface area contributed by atoms with E-state index in [4.69, 9.17) is 17.0 Å². The molecule has 0 aliphatic heterocycles. The van der Waals surface area contributed by atoms with Gasteiger partial charge in [-0.15, -0.1) is 0 Å². The fourth-order valence-corrected chi connectivity index (χ4v) is 2.74. The lowest BCUT2D eigenvalue weighted by atomic mass is 10.1. The number of benzene rings is 2. The van der Waals surface area contributed by atoms with E-state index in [2.05, 4.69) is 50.2 Å². The van der Waals surface area contributed by atoms with Gasteiger partial charge in [-0.25, -0.2) is 4.98 Å². The molecule has 0 aliphatic rings. The number of aromatic amines is 1. The number of aromatic nitrogens is 2. The molecule has 106 valence electrons. The molecule has 0 aliphatic carbocycles. The number of fused-ring (bicyclic) bond motifs is 1. The topological polar surface area (TPSA) is 37.9 Å². The average molecular weight is 361 g/mol. The summed E-state index contributed by atoms with van der Waals surface area (Å²) >= 11 is 8.75. The first-order valence-corrected chi connectivity index (χ1v) is 7.66. The lowest BCUT2D eigenvalue weighted by Gasteiger charge is -2.09. The number of methoxy groups -OCH3 is 1. The van der Waals surface area contributed by atoms with E-state index in [0.717, 1.165) is 21.6 Å². The van der Waals surface area contributed by atoms with Crippen LogP contribution in [-0.4, -0.2) is 17.1 Å². The molecule has 1 N–H and O–H groups in total. The summed E-state index contributed by atoms with van der Waals surface area (Å²) in [5.41, 5.74) is 1.89. The Hall–Kier alpha value is -1.56. The minimum Gasteiger partial charge on any atom is -0.378 e. The Morgan fingerprint density at radius 3 is 2.71 bits per heavy atom. The van der Waals surface area contributed by atoms with E-state index >= 15 is 0 Å². The Morgan fingerprint density at radius 1 is 1.19 bits per heavy atom. The monoisotopic (exact) mass is 360 g/mol. The van der Waals surface area contributed by atoms with Gasteiger partial charge in [-0.2, -0.15) is 0 Å². The van der Waals surface area contributed by atoms with E-state index in [-0.39, 0.29) is 0 Å². The van der Waals surface area contributed by atoms with E-state index < -0.39 is 0 Å². The van der Waals surface area contributed by atoms with Crippen molar-refractivity contribution >= 4 is 38.9 Å². The van der Waals surface area contributed by atoms with Crippen molar-refractivity contribution in [1.82, 2.24) is 9.97 Å². The van der Waals surface area contributed by atoms with E-state index in [0.29, 0.717) is 11.2 Å². The second-order valence-electron chi connectivity index (χ2n) is 4.68. The second-order valence-corrected chi connectivity index (χ2v) is 5.86. The Bertz CT molecular complexity index is 860. The molecule has 2 aromatic carbocycles. The lowest BCUT2D eigenvalue weighted by Crippen LogP contribution is -1.99. The third-order valence-corrected chi connectivity index (χ3v) is 4.66. The molecular formula is C16H13BrN2OS. The average Bonchev–Trinajstić information content (AvgIpc) is 2.51. The van der Waals surface area contributed by atoms with Crippen molar-refractivity contribution in [3.05, 3.63) is 57.3 Å². The molecule has 0 atom stereocenters. The number of nitrogens with one attached hydrogen (secondary N) is 1. The molecule has 3 rings (SSSR count). The van der Waals surface area contributed by atoms with Crippen molar-refractivity contribution in [2.45, 2.75) is 6.61 Å². The van der Waals surface area contributed by atoms with E-state index in [1.54, 1.807) is 7.11 Å². The van der Waals surface area contributed by atoms with Crippen molar-refractivity contribution in [3.63, 3.8) is 0 Å². The van der Waals surface area contributed by atoms with Crippen LogP contribution in [0.15, 0.2) is 46.9 Å². The molecule has 3 nitrogen and oxygen atoms in total. The quantitative estimate of drug-likeness (QED) is 0.677. The first-order valence-electron chi connectivity index (χ1n) is 6.46. The Morgan fingerprint density at radius 2 is 1.95 bits per heavy atom. The molecule has 0 spiro atoms. The Kier molecular flexibility index (Phi) is 4.14. The van der Waals surface area contributed by atoms with Crippen LogP contribution in [0.25, 0.3) is 22.2 Å². The van der Waals surface area contributed by atoms with Gasteiger partial charge in [-0.05, 0) is 32.8 Å². The maximum absolute atomic E-state index is 5.30. The maximum atomic E-state index is 5.30. The molecule has 1 heterocycles. The molecule has 0 saturated carbocycles. The van der Waals surface area contributed by atoms with E-state index in [1.165, 1.54) is 10.8 Å². The molecule has 0 saturated heterocycles. The van der Waals surface area contributed by atoms with Gasteiger partial charge >= 0.3 is 0 Å². The maximum Gasteiger partial charge on any atom is 0.144 e. The molecule has 0 amide bonds. The highest BCUT2D eigenvalue weighted by molar-refractivity contribution is 9.10. The van der Waals surface area contributed by atoms with Gasteiger partial charge < -0.3 is 9.72 Å². The molecule has 3 aromatic rings. The van der Waals surface area contributed by atoms with Gasteiger partial charge in [0.1, 0.15) is 10.5 Å². The first kappa shape index (κ1) is 14.4. The van der Waals surface area contributed by atoms with Crippen LogP contribution in [0.1, 0.15) is 5.69 Å². The molecule has 1 aromatic heterocycles. The van der Waals surface area contributed by atoms with Crippen LogP contribution < -0.4 is 0 Å². The third kappa shape index (κ3) is 2.90. The molecule has 5 heteroatoms. The van der Waals surface area contributed by atoms with Crippen molar-refractivity contribution < 1.29 is 4.74 Å². The highest BCUT2D eigenvalue weighted by Gasteiger charge is 2.08. The summed E-state index contributed by atoms with van der Waals surface area (Å²) in [6.45, 7) is 0.452.